The van der Waals surface area contributed by atoms with Crippen molar-refractivity contribution in [3.8, 4) is 0 Å². The van der Waals surface area contributed by atoms with Crippen LogP contribution in [0.4, 0.5) is 0 Å². The minimum absolute atomic E-state index is 0.0927. The third-order valence-electron chi connectivity index (χ3n) is 7.38. The summed E-state index contributed by atoms with van der Waals surface area (Å²) in [5.41, 5.74) is 3.23. The molecule has 2 atom stereocenters. The summed E-state index contributed by atoms with van der Waals surface area (Å²) in [4.78, 5) is 8.53. The average molecular weight is 423 g/mol. The van der Waals surface area contributed by atoms with Crippen LogP contribution in [0.5, 0.6) is 0 Å². The summed E-state index contributed by atoms with van der Waals surface area (Å²) >= 11 is 0. The van der Waals surface area contributed by atoms with E-state index in [1.54, 1.807) is 0 Å². The Balaban J connectivity index is 1.41. The van der Waals surface area contributed by atoms with E-state index in [2.05, 4.69) is 22.1 Å². The fourth-order valence-corrected chi connectivity index (χ4v) is 7.14. The van der Waals surface area contributed by atoms with E-state index in [9.17, 15) is 8.42 Å². The quantitative estimate of drug-likeness (QED) is 0.668. The van der Waals surface area contributed by atoms with Gasteiger partial charge in [0.2, 0.25) is 0 Å². The monoisotopic (exact) mass is 422 g/mol. The second-order valence-electron chi connectivity index (χ2n) is 9.12. The zero-order chi connectivity index (χ0) is 20.3. The number of hydrogen-bond acceptors (Lipinski definition) is 4. The first-order chi connectivity index (χ1) is 14.6. The molecule has 1 saturated heterocycles. The van der Waals surface area contributed by atoms with E-state index in [0.29, 0.717) is 16.7 Å². The van der Waals surface area contributed by atoms with Crippen LogP contribution >= 0.6 is 0 Å². The molecule has 1 aromatic carbocycles. The summed E-state index contributed by atoms with van der Waals surface area (Å²) in [5, 5.41) is 0.949. The molecule has 6 rings (SSSR count). The molecule has 2 unspecified atom stereocenters. The van der Waals surface area contributed by atoms with E-state index in [1.165, 1.54) is 11.3 Å². The van der Waals surface area contributed by atoms with Crippen molar-refractivity contribution in [1.29, 1.82) is 0 Å². The highest BCUT2D eigenvalue weighted by molar-refractivity contribution is 7.92. The number of rotatable bonds is 5. The predicted molar refractivity (Wildman–Crippen MR) is 115 cm³/mol. The van der Waals surface area contributed by atoms with Gasteiger partial charge in [0.1, 0.15) is 5.65 Å². The Morgan fingerprint density at radius 1 is 1.03 bits per heavy atom. The minimum Gasteiger partial charge on any atom is -0.381 e. The van der Waals surface area contributed by atoms with Crippen LogP contribution in [0, 0.1) is 11.8 Å². The second-order valence-corrected chi connectivity index (χ2v) is 11.4. The first-order valence-electron chi connectivity index (χ1n) is 11.0. The van der Waals surface area contributed by atoms with E-state index in [1.807, 2.05) is 36.5 Å². The molecular formula is C24H26N2O3S. The van der Waals surface area contributed by atoms with E-state index in [0.717, 1.165) is 56.4 Å². The van der Waals surface area contributed by atoms with Gasteiger partial charge < -0.3 is 9.72 Å². The molecule has 3 fully saturated rings. The Morgan fingerprint density at radius 2 is 1.80 bits per heavy atom. The van der Waals surface area contributed by atoms with Gasteiger partial charge in [0, 0.05) is 35.9 Å². The third kappa shape index (κ3) is 2.84. The van der Waals surface area contributed by atoms with Crippen molar-refractivity contribution < 1.29 is 13.2 Å². The summed E-state index contributed by atoms with van der Waals surface area (Å²) in [6.07, 6.45) is 6.68. The van der Waals surface area contributed by atoms with E-state index >= 15 is 0 Å². The highest BCUT2D eigenvalue weighted by Crippen LogP contribution is 2.63. The Bertz CT molecular complexity index is 1160. The maximum atomic E-state index is 12.6. The van der Waals surface area contributed by atoms with Crippen LogP contribution in [0.15, 0.2) is 53.6 Å². The lowest BCUT2D eigenvalue weighted by atomic mass is 9.83. The number of ether oxygens (including phenoxy) is 1. The van der Waals surface area contributed by atoms with Crippen LogP contribution in [0.25, 0.3) is 11.0 Å². The number of pyridine rings is 1. The molecule has 3 aromatic rings. The highest BCUT2D eigenvalue weighted by atomic mass is 32.2. The largest absolute Gasteiger partial charge is 0.381 e. The van der Waals surface area contributed by atoms with Gasteiger partial charge in [-0.2, -0.15) is 0 Å². The standard InChI is InChI=1S/C24H26N2O3S/c27-30(28,20-7-8-20)19-5-3-18(4-6-19)24(15-21(24)16-9-12-29-13-10-16)22-14-17-2-1-11-25-23(17)26-22/h1-6,11,14,16,20-21H,7-10,12-13,15H2,(H,25,26). The minimum atomic E-state index is -3.16. The van der Waals surface area contributed by atoms with Crippen LogP contribution in [-0.2, 0) is 20.0 Å². The van der Waals surface area contributed by atoms with E-state index < -0.39 is 9.84 Å². The van der Waals surface area contributed by atoms with Gasteiger partial charge in [0.15, 0.2) is 9.84 Å². The molecule has 0 radical (unpaired) electrons. The molecule has 2 aliphatic carbocycles. The molecule has 30 heavy (non-hydrogen) atoms. The number of fused-ring (bicyclic) bond motifs is 1. The summed E-state index contributed by atoms with van der Waals surface area (Å²) in [5.74, 6) is 1.17. The molecule has 2 saturated carbocycles. The molecule has 6 heteroatoms. The van der Waals surface area contributed by atoms with Crippen LogP contribution in [-0.4, -0.2) is 36.8 Å². The molecule has 0 spiro atoms. The van der Waals surface area contributed by atoms with Gasteiger partial charge in [0.05, 0.1) is 10.1 Å². The maximum absolute atomic E-state index is 12.6. The van der Waals surface area contributed by atoms with Crippen LogP contribution in [0.3, 0.4) is 0 Å². The van der Waals surface area contributed by atoms with Crippen molar-refractivity contribution in [2.45, 2.75) is 47.7 Å². The molecule has 2 aromatic heterocycles. The van der Waals surface area contributed by atoms with Gasteiger partial charge in [-0.25, -0.2) is 13.4 Å². The lowest BCUT2D eigenvalue weighted by molar-refractivity contribution is 0.0579. The number of aromatic nitrogens is 2. The zero-order valence-corrected chi connectivity index (χ0v) is 17.7. The molecule has 5 nitrogen and oxygen atoms in total. The van der Waals surface area contributed by atoms with Gasteiger partial charge in [-0.1, -0.05) is 12.1 Å². The van der Waals surface area contributed by atoms with Crippen molar-refractivity contribution in [2.24, 2.45) is 11.8 Å². The number of aromatic amines is 1. The van der Waals surface area contributed by atoms with E-state index in [4.69, 9.17) is 4.74 Å². The Morgan fingerprint density at radius 3 is 2.50 bits per heavy atom. The number of sulfone groups is 1. The Labute approximate surface area is 176 Å². The fourth-order valence-electron chi connectivity index (χ4n) is 5.48. The van der Waals surface area contributed by atoms with E-state index in [-0.39, 0.29) is 10.7 Å². The highest BCUT2D eigenvalue weighted by Gasteiger charge is 2.60. The van der Waals surface area contributed by atoms with Gasteiger partial charge in [0.25, 0.3) is 0 Å². The molecule has 3 heterocycles. The Kier molecular flexibility index (Phi) is 4.12. The zero-order valence-electron chi connectivity index (χ0n) is 16.9. The predicted octanol–water partition coefficient (Wildman–Crippen LogP) is 4.23. The fraction of sp³-hybridized carbons (Fsp3) is 0.458. The van der Waals surface area contributed by atoms with Gasteiger partial charge in [-0.15, -0.1) is 0 Å². The Hall–Kier alpha value is -2.18. The van der Waals surface area contributed by atoms with Crippen molar-refractivity contribution in [3.05, 3.63) is 59.9 Å². The molecule has 3 aliphatic rings. The summed E-state index contributed by atoms with van der Waals surface area (Å²) in [7, 11) is -3.16. The van der Waals surface area contributed by atoms with Gasteiger partial charge >= 0.3 is 0 Å². The molecule has 1 N–H and O–H groups in total. The number of H-pyrrole nitrogens is 1. The first kappa shape index (κ1) is 18.6. The van der Waals surface area contributed by atoms with Crippen molar-refractivity contribution in [3.63, 3.8) is 0 Å². The molecular weight excluding hydrogens is 396 g/mol. The number of nitrogens with one attached hydrogen (secondary N) is 1. The number of benzene rings is 1. The first-order valence-corrected chi connectivity index (χ1v) is 12.5. The van der Waals surface area contributed by atoms with Crippen LogP contribution < -0.4 is 0 Å². The summed E-state index contributed by atoms with van der Waals surface area (Å²) in [6, 6.07) is 14.0. The maximum Gasteiger partial charge on any atom is 0.181 e. The topological polar surface area (TPSA) is 72.0 Å². The molecule has 0 amide bonds. The molecule has 0 bridgehead atoms. The van der Waals surface area contributed by atoms with Crippen molar-refractivity contribution in [1.82, 2.24) is 9.97 Å². The second kappa shape index (κ2) is 6.66. The lowest BCUT2D eigenvalue weighted by Crippen LogP contribution is -2.23. The SMILES string of the molecule is O=S(=O)(c1ccc(C2(c3cc4cccnc4[nH]3)CC2C2CCOCC2)cc1)C1CC1. The van der Waals surface area contributed by atoms with Gasteiger partial charge in [-0.05, 0) is 79.8 Å². The number of nitrogens with zero attached hydrogens (tertiary/aromatic N) is 1. The van der Waals surface area contributed by atoms with Crippen molar-refractivity contribution >= 4 is 20.9 Å². The molecule has 1 aliphatic heterocycles. The normalized spacial score (nSPS) is 27.4. The summed E-state index contributed by atoms with van der Waals surface area (Å²) < 4.78 is 30.9. The smallest absolute Gasteiger partial charge is 0.181 e. The lowest BCUT2D eigenvalue weighted by Gasteiger charge is -2.26. The van der Waals surface area contributed by atoms with Crippen LogP contribution in [0.1, 0.15) is 43.4 Å². The van der Waals surface area contributed by atoms with Crippen molar-refractivity contribution in [2.75, 3.05) is 13.2 Å². The van der Waals surface area contributed by atoms with Crippen LogP contribution in [0.2, 0.25) is 0 Å². The third-order valence-corrected chi connectivity index (χ3v) is 9.66. The number of hydrogen-bond donors (Lipinski definition) is 1. The average Bonchev–Trinajstić information content (AvgIpc) is 3.70. The summed E-state index contributed by atoms with van der Waals surface area (Å²) in [6.45, 7) is 1.67. The molecule has 156 valence electrons. The van der Waals surface area contributed by atoms with Gasteiger partial charge in [-0.3, -0.25) is 0 Å².